The number of esters is 1. The number of hydrogen-bond donors (Lipinski definition) is 2. The van der Waals surface area contributed by atoms with E-state index in [-0.39, 0.29) is 21.6 Å². The molecule has 0 fully saturated rings. The number of thiophene rings is 1. The molecule has 9 nitrogen and oxygen atoms in total. The van der Waals surface area contributed by atoms with Gasteiger partial charge in [-0.25, -0.2) is 13.6 Å². The molecule has 48 heavy (non-hydrogen) atoms. The molecule has 4 aromatic rings. The first kappa shape index (κ1) is 35.5. The molecule has 4 rings (SSSR count). The Balaban J connectivity index is 1.50. The summed E-state index contributed by atoms with van der Waals surface area (Å²) < 4.78 is 83.6. The molecule has 0 spiro atoms. The van der Waals surface area contributed by atoms with Crippen LogP contribution in [0.25, 0.3) is 11.1 Å². The third-order valence-electron chi connectivity index (χ3n) is 7.08. The molecule has 2 unspecified atom stereocenters. The van der Waals surface area contributed by atoms with Gasteiger partial charge in [0, 0.05) is 28.3 Å². The Labute approximate surface area is 273 Å². The van der Waals surface area contributed by atoms with E-state index < -0.39 is 76.9 Å². The van der Waals surface area contributed by atoms with E-state index >= 15 is 0 Å². The van der Waals surface area contributed by atoms with Crippen LogP contribution in [0.15, 0.2) is 78.2 Å². The van der Waals surface area contributed by atoms with E-state index in [9.17, 15) is 46.2 Å². The maximum atomic E-state index is 15.0. The first-order valence-corrected chi connectivity index (χ1v) is 15.0. The van der Waals surface area contributed by atoms with E-state index in [1.807, 2.05) is 0 Å². The Hall–Kier alpha value is -5.31. The highest BCUT2D eigenvalue weighted by Crippen LogP contribution is 2.34. The van der Waals surface area contributed by atoms with Crippen molar-refractivity contribution in [2.24, 2.45) is 0 Å². The zero-order chi connectivity index (χ0) is 35.2. The summed E-state index contributed by atoms with van der Waals surface area (Å²) in [5.41, 5.74) is -3.32. The molecular weight excluding hydrogens is 665 g/mol. The summed E-state index contributed by atoms with van der Waals surface area (Å²) in [7, 11) is 0. The molecule has 2 N–H and O–H groups in total. The van der Waals surface area contributed by atoms with Gasteiger partial charge in [0.15, 0.2) is 11.6 Å². The third-order valence-corrected chi connectivity index (χ3v) is 8.11. The summed E-state index contributed by atoms with van der Waals surface area (Å²) in [6.07, 6.45) is -6.63. The highest BCUT2D eigenvalue weighted by Gasteiger charge is 2.52. The van der Waals surface area contributed by atoms with E-state index in [2.05, 4.69) is 10.1 Å². The fourth-order valence-corrected chi connectivity index (χ4v) is 5.24. The van der Waals surface area contributed by atoms with Gasteiger partial charge in [-0.1, -0.05) is 43.3 Å². The summed E-state index contributed by atoms with van der Waals surface area (Å²) in [6, 6.07) is 13.9. The van der Waals surface area contributed by atoms with Crippen LogP contribution in [0.4, 0.5) is 32.4 Å². The second-order valence-electron chi connectivity index (χ2n) is 10.3. The first-order chi connectivity index (χ1) is 22.7. The van der Waals surface area contributed by atoms with Gasteiger partial charge in [-0.05, 0) is 54.1 Å². The Morgan fingerprint density at radius 3 is 2.15 bits per heavy atom. The number of halogens is 5. The SMILES string of the molecule is CCC(C)OC(=O)C(COC(=O)Oc1c(F)cc(NC(=O)c2ccccc2-c2ccc(C(F)(F)F)cc2)cc1F)(C(=O)O)c1cccs1. The van der Waals surface area contributed by atoms with Crippen LogP contribution in [0.1, 0.15) is 41.1 Å². The van der Waals surface area contributed by atoms with Crippen molar-refractivity contribution in [3.8, 4) is 16.9 Å². The summed E-state index contributed by atoms with van der Waals surface area (Å²) in [5.74, 6) is -7.96. The Bertz CT molecular complexity index is 1790. The maximum Gasteiger partial charge on any atom is 0.514 e. The van der Waals surface area contributed by atoms with Crippen LogP contribution in [0, 0.1) is 11.6 Å². The highest BCUT2D eigenvalue weighted by molar-refractivity contribution is 7.10. The number of hydrogen-bond acceptors (Lipinski definition) is 8. The van der Waals surface area contributed by atoms with Crippen LogP contribution in [0.3, 0.4) is 0 Å². The van der Waals surface area contributed by atoms with Crippen LogP contribution < -0.4 is 10.1 Å². The molecule has 0 aliphatic heterocycles. The van der Waals surface area contributed by atoms with Crippen molar-refractivity contribution in [3.63, 3.8) is 0 Å². The number of ether oxygens (including phenoxy) is 3. The third kappa shape index (κ3) is 7.79. The monoisotopic (exact) mass is 691 g/mol. The van der Waals surface area contributed by atoms with Gasteiger partial charge in [0.25, 0.3) is 5.91 Å². The van der Waals surface area contributed by atoms with Crippen molar-refractivity contribution in [1.29, 1.82) is 0 Å². The first-order valence-electron chi connectivity index (χ1n) is 14.1. The van der Waals surface area contributed by atoms with E-state index in [0.29, 0.717) is 18.6 Å². The fourth-order valence-electron chi connectivity index (χ4n) is 4.35. The minimum atomic E-state index is -4.57. The molecule has 0 radical (unpaired) electrons. The second-order valence-corrected chi connectivity index (χ2v) is 11.2. The molecule has 0 saturated heterocycles. The summed E-state index contributed by atoms with van der Waals surface area (Å²) in [4.78, 5) is 50.9. The molecule has 0 aliphatic rings. The van der Waals surface area contributed by atoms with Gasteiger partial charge in [-0.2, -0.15) is 13.2 Å². The van der Waals surface area contributed by atoms with Crippen LogP contribution >= 0.6 is 11.3 Å². The van der Waals surface area contributed by atoms with Gasteiger partial charge in [0.2, 0.25) is 11.2 Å². The number of aliphatic carboxylic acids is 1. The lowest BCUT2D eigenvalue weighted by Gasteiger charge is -2.27. The molecule has 3 aromatic carbocycles. The molecule has 1 heterocycles. The summed E-state index contributed by atoms with van der Waals surface area (Å²) in [5, 5.41) is 13.8. The number of benzene rings is 3. The average Bonchev–Trinajstić information content (AvgIpc) is 3.58. The lowest BCUT2D eigenvalue weighted by molar-refractivity contribution is -0.167. The van der Waals surface area contributed by atoms with Crippen molar-refractivity contribution in [1.82, 2.24) is 0 Å². The maximum absolute atomic E-state index is 15.0. The second kappa shape index (κ2) is 14.6. The molecule has 0 aliphatic carbocycles. The Morgan fingerprint density at radius 1 is 0.938 bits per heavy atom. The number of carbonyl (C=O) groups excluding carboxylic acids is 3. The van der Waals surface area contributed by atoms with E-state index in [1.54, 1.807) is 13.0 Å². The number of rotatable bonds is 11. The number of carbonyl (C=O) groups is 4. The minimum Gasteiger partial charge on any atom is -0.480 e. The molecule has 252 valence electrons. The van der Waals surface area contributed by atoms with Gasteiger partial charge >= 0.3 is 24.3 Å². The molecule has 1 aromatic heterocycles. The van der Waals surface area contributed by atoms with Gasteiger partial charge in [0.1, 0.15) is 6.61 Å². The Morgan fingerprint density at radius 2 is 1.58 bits per heavy atom. The average molecular weight is 692 g/mol. The number of anilines is 1. The van der Waals surface area contributed by atoms with Gasteiger partial charge in [-0.3, -0.25) is 14.4 Å². The molecular formula is C33H26F5NO8S. The normalized spacial score (nSPS) is 13.1. The van der Waals surface area contributed by atoms with E-state index in [0.717, 1.165) is 23.5 Å². The predicted octanol–water partition coefficient (Wildman–Crippen LogP) is 7.84. The lowest BCUT2D eigenvalue weighted by atomic mass is 9.87. The topological polar surface area (TPSA) is 128 Å². The van der Waals surface area contributed by atoms with Crippen molar-refractivity contribution in [2.45, 2.75) is 38.0 Å². The summed E-state index contributed by atoms with van der Waals surface area (Å²) in [6.45, 7) is 2.10. The molecule has 0 saturated carbocycles. The minimum absolute atomic E-state index is 0.0264. The fraction of sp³-hybridized carbons (Fsp3) is 0.212. The standard InChI is InChI=1S/C33H26F5NO8S/c1-3-18(2)46-30(43)32(29(41)42,26-9-6-14-48-26)17-45-31(44)47-27-24(34)15-21(16-25(27)35)39-28(40)23-8-5-4-7-22(23)19-10-12-20(13-11-19)33(36,37)38/h4-16,18H,3,17H2,1-2H3,(H,39,40)(H,41,42). The van der Waals surface area contributed by atoms with Crippen molar-refractivity contribution in [3.05, 3.63) is 106 Å². The number of alkyl halides is 3. The van der Waals surface area contributed by atoms with Gasteiger partial charge in [0.05, 0.1) is 11.7 Å². The molecule has 2 atom stereocenters. The number of amides is 1. The van der Waals surface area contributed by atoms with E-state index in [1.165, 1.54) is 54.8 Å². The quantitative estimate of drug-likeness (QED) is 0.0705. The van der Waals surface area contributed by atoms with Gasteiger partial charge in [-0.15, -0.1) is 11.3 Å². The molecule has 1 amide bonds. The number of carboxylic acids is 1. The van der Waals surface area contributed by atoms with Crippen LogP contribution in [-0.2, 0) is 30.7 Å². The zero-order valence-corrected chi connectivity index (χ0v) is 25.9. The summed E-state index contributed by atoms with van der Waals surface area (Å²) >= 11 is 0.878. The van der Waals surface area contributed by atoms with Gasteiger partial charge < -0.3 is 24.6 Å². The highest BCUT2D eigenvalue weighted by atomic mass is 32.1. The van der Waals surface area contributed by atoms with E-state index in [4.69, 9.17) is 9.47 Å². The molecule has 0 bridgehead atoms. The Kier molecular flexibility index (Phi) is 10.8. The largest absolute Gasteiger partial charge is 0.514 e. The lowest BCUT2D eigenvalue weighted by Crippen LogP contribution is -2.49. The molecule has 15 heteroatoms. The predicted molar refractivity (Wildman–Crippen MR) is 163 cm³/mol. The number of nitrogens with one attached hydrogen (secondary N) is 1. The van der Waals surface area contributed by atoms with Crippen molar-refractivity contribution >= 4 is 41.0 Å². The number of carboxylic acid groups (broad SMARTS) is 1. The van der Waals surface area contributed by atoms with Crippen LogP contribution in [-0.4, -0.2) is 41.8 Å². The van der Waals surface area contributed by atoms with Crippen molar-refractivity contribution < 1.29 is 60.4 Å². The zero-order valence-electron chi connectivity index (χ0n) is 25.1. The van der Waals surface area contributed by atoms with Crippen molar-refractivity contribution in [2.75, 3.05) is 11.9 Å². The van der Waals surface area contributed by atoms with Crippen LogP contribution in [0.5, 0.6) is 5.75 Å². The smallest absolute Gasteiger partial charge is 0.480 e. The van der Waals surface area contributed by atoms with Crippen LogP contribution in [0.2, 0.25) is 0 Å².